The fourth-order valence-electron chi connectivity index (χ4n) is 1.44. The van der Waals surface area contributed by atoms with Crippen molar-refractivity contribution in [1.29, 1.82) is 0 Å². The van der Waals surface area contributed by atoms with Crippen molar-refractivity contribution in [3.63, 3.8) is 0 Å². The summed E-state index contributed by atoms with van der Waals surface area (Å²) in [5.74, 6) is 0.328. The number of aryl methyl sites for hydroxylation is 1. The lowest BCUT2D eigenvalue weighted by molar-refractivity contribution is -0.115. The molecule has 2 aromatic rings. The minimum Gasteiger partial charge on any atom is -0.384 e. The highest BCUT2D eigenvalue weighted by atomic mass is 35.5. The van der Waals surface area contributed by atoms with Crippen molar-refractivity contribution in [2.24, 2.45) is 0 Å². The van der Waals surface area contributed by atoms with Crippen LogP contribution in [0, 0.1) is 0 Å². The Hall–Kier alpha value is -1.37. The van der Waals surface area contributed by atoms with Crippen LogP contribution in [0.4, 0.5) is 11.5 Å². The Morgan fingerprint density at radius 3 is 2.70 bits per heavy atom. The van der Waals surface area contributed by atoms with Crippen LogP contribution in [0.3, 0.4) is 0 Å². The molecule has 0 saturated heterocycles. The molecule has 0 atom stereocenters. The highest BCUT2D eigenvalue weighted by molar-refractivity contribution is 7.09. The summed E-state index contributed by atoms with van der Waals surface area (Å²) in [5.41, 5.74) is 6.91. The maximum absolute atomic E-state index is 11.8. The summed E-state index contributed by atoms with van der Waals surface area (Å²) in [4.78, 5) is 20.0. The number of carbonyl (C=O) groups excluding carboxylic acids is 1. The Kier molecular flexibility index (Phi) is 8.13. The second-order valence-electron chi connectivity index (χ2n) is 3.78. The number of halogens is 2. The average Bonchev–Trinajstić information content (AvgIpc) is 2.79. The van der Waals surface area contributed by atoms with E-state index in [1.54, 1.807) is 23.5 Å². The van der Waals surface area contributed by atoms with Gasteiger partial charge in [-0.2, -0.15) is 0 Å². The van der Waals surface area contributed by atoms with E-state index in [0.29, 0.717) is 11.5 Å². The fraction of sp³-hybridized carbons (Fsp3) is 0.250. The van der Waals surface area contributed by atoms with E-state index in [1.807, 2.05) is 12.3 Å². The first kappa shape index (κ1) is 18.6. The Balaban J connectivity index is 0.00000180. The molecule has 0 radical (unpaired) electrons. The van der Waals surface area contributed by atoms with E-state index in [2.05, 4.69) is 15.3 Å². The lowest BCUT2D eigenvalue weighted by atomic mass is 10.3. The van der Waals surface area contributed by atoms with Gasteiger partial charge >= 0.3 is 0 Å². The summed E-state index contributed by atoms with van der Waals surface area (Å²) < 4.78 is 0. The number of nitrogens with zero attached hydrogens (tertiary/aromatic N) is 2. The summed E-state index contributed by atoms with van der Waals surface area (Å²) in [5, 5.41) is 5.72. The predicted molar refractivity (Wildman–Crippen MR) is 87.0 cm³/mol. The van der Waals surface area contributed by atoms with Crippen molar-refractivity contribution in [3.05, 3.63) is 34.4 Å². The Morgan fingerprint density at radius 2 is 2.15 bits per heavy atom. The van der Waals surface area contributed by atoms with E-state index < -0.39 is 0 Å². The van der Waals surface area contributed by atoms with Gasteiger partial charge < -0.3 is 11.1 Å². The largest absolute Gasteiger partial charge is 0.384 e. The monoisotopic (exact) mass is 334 g/mol. The minimum absolute atomic E-state index is 0. The van der Waals surface area contributed by atoms with Gasteiger partial charge in [-0.1, -0.05) is 6.92 Å². The van der Waals surface area contributed by atoms with Crippen LogP contribution in [-0.2, 0) is 17.6 Å². The number of rotatable bonds is 4. The third-order valence-corrected chi connectivity index (χ3v) is 3.36. The first-order chi connectivity index (χ1) is 8.67. The molecule has 0 spiro atoms. The van der Waals surface area contributed by atoms with Crippen LogP contribution >= 0.6 is 36.2 Å². The fourth-order valence-corrected chi connectivity index (χ4v) is 2.19. The number of anilines is 2. The summed E-state index contributed by atoms with van der Waals surface area (Å²) in [7, 11) is 0. The van der Waals surface area contributed by atoms with Crippen molar-refractivity contribution in [2.45, 2.75) is 19.8 Å². The Labute approximate surface area is 133 Å². The average molecular weight is 335 g/mol. The standard InChI is InChI=1S/C12H14N4OS.2ClH/c1-2-12-16-9(7-18-12)5-11(17)15-8-3-4-10(13)14-6-8;;/h3-4,6-7H,2,5H2,1H3,(H2,13,14)(H,15,17);2*1H. The molecule has 0 aliphatic carbocycles. The lowest BCUT2D eigenvalue weighted by Crippen LogP contribution is -2.14. The Bertz CT molecular complexity index is 545. The van der Waals surface area contributed by atoms with E-state index >= 15 is 0 Å². The number of pyridine rings is 1. The maximum atomic E-state index is 11.8. The van der Waals surface area contributed by atoms with Gasteiger partial charge in [-0.05, 0) is 18.6 Å². The van der Waals surface area contributed by atoms with Gasteiger partial charge in [-0.25, -0.2) is 9.97 Å². The molecule has 2 heterocycles. The topological polar surface area (TPSA) is 80.9 Å². The molecule has 0 bridgehead atoms. The number of carbonyl (C=O) groups is 1. The van der Waals surface area contributed by atoms with Crippen LogP contribution in [0.5, 0.6) is 0 Å². The second-order valence-corrected chi connectivity index (χ2v) is 4.73. The predicted octanol–water partition coefficient (Wildman–Crippen LogP) is 2.71. The SMILES string of the molecule is CCc1nc(CC(=O)Nc2ccc(N)nc2)cs1.Cl.Cl. The Morgan fingerprint density at radius 1 is 1.40 bits per heavy atom. The molecular weight excluding hydrogens is 319 g/mol. The van der Waals surface area contributed by atoms with Crippen LogP contribution < -0.4 is 11.1 Å². The third-order valence-electron chi connectivity index (χ3n) is 2.31. The van der Waals surface area contributed by atoms with Crippen LogP contribution in [-0.4, -0.2) is 15.9 Å². The number of amides is 1. The van der Waals surface area contributed by atoms with Gasteiger partial charge in [-0.15, -0.1) is 36.2 Å². The molecule has 2 aromatic heterocycles. The smallest absolute Gasteiger partial charge is 0.230 e. The van der Waals surface area contributed by atoms with Crippen LogP contribution in [0.15, 0.2) is 23.7 Å². The number of hydrogen-bond acceptors (Lipinski definition) is 5. The molecular formula is C12H16Cl2N4OS. The molecule has 2 rings (SSSR count). The summed E-state index contributed by atoms with van der Waals surface area (Å²) in [6, 6.07) is 3.37. The number of nitrogen functional groups attached to an aromatic ring is 1. The highest BCUT2D eigenvalue weighted by Crippen LogP contribution is 2.12. The molecule has 5 nitrogen and oxygen atoms in total. The van der Waals surface area contributed by atoms with E-state index in [-0.39, 0.29) is 37.1 Å². The third kappa shape index (κ3) is 5.32. The van der Waals surface area contributed by atoms with Crippen LogP contribution in [0.1, 0.15) is 17.6 Å². The number of nitrogens with two attached hydrogens (primary N) is 1. The molecule has 8 heteroatoms. The van der Waals surface area contributed by atoms with Gasteiger partial charge in [0.1, 0.15) is 5.82 Å². The zero-order valence-corrected chi connectivity index (χ0v) is 13.3. The van der Waals surface area contributed by atoms with E-state index in [9.17, 15) is 4.79 Å². The molecule has 0 fully saturated rings. The van der Waals surface area contributed by atoms with Gasteiger partial charge in [0.05, 0.1) is 29.0 Å². The van der Waals surface area contributed by atoms with E-state index in [0.717, 1.165) is 17.1 Å². The number of thiazole rings is 1. The molecule has 0 saturated carbocycles. The maximum Gasteiger partial charge on any atom is 0.230 e. The quantitative estimate of drug-likeness (QED) is 0.900. The van der Waals surface area contributed by atoms with Crippen molar-refractivity contribution >= 4 is 53.6 Å². The summed E-state index contributed by atoms with van der Waals surface area (Å²) in [6.07, 6.45) is 2.71. The first-order valence-corrected chi connectivity index (χ1v) is 6.50. The van der Waals surface area contributed by atoms with Gasteiger partial charge in [0.15, 0.2) is 0 Å². The summed E-state index contributed by atoms with van der Waals surface area (Å²) in [6.45, 7) is 2.04. The van der Waals surface area contributed by atoms with Gasteiger partial charge in [0.25, 0.3) is 0 Å². The van der Waals surface area contributed by atoms with Crippen molar-refractivity contribution in [2.75, 3.05) is 11.1 Å². The first-order valence-electron chi connectivity index (χ1n) is 5.62. The van der Waals surface area contributed by atoms with E-state index in [1.165, 1.54) is 6.20 Å². The van der Waals surface area contributed by atoms with Crippen LogP contribution in [0.25, 0.3) is 0 Å². The van der Waals surface area contributed by atoms with Gasteiger partial charge in [0.2, 0.25) is 5.91 Å². The second kappa shape index (κ2) is 8.73. The van der Waals surface area contributed by atoms with Crippen LogP contribution in [0.2, 0.25) is 0 Å². The minimum atomic E-state index is -0.102. The number of aromatic nitrogens is 2. The zero-order chi connectivity index (χ0) is 13.0. The molecule has 0 aromatic carbocycles. The van der Waals surface area contributed by atoms with Crippen molar-refractivity contribution < 1.29 is 4.79 Å². The summed E-state index contributed by atoms with van der Waals surface area (Å²) >= 11 is 1.58. The molecule has 110 valence electrons. The number of hydrogen-bond donors (Lipinski definition) is 2. The molecule has 3 N–H and O–H groups in total. The molecule has 0 unspecified atom stereocenters. The zero-order valence-electron chi connectivity index (χ0n) is 10.8. The molecule has 0 aliphatic rings. The lowest BCUT2D eigenvalue weighted by Gasteiger charge is -2.03. The molecule has 0 aliphatic heterocycles. The van der Waals surface area contributed by atoms with Gasteiger partial charge in [-0.3, -0.25) is 4.79 Å². The molecule has 1 amide bonds. The van der Waals surface area contributed by atoms with Gasteiger partial charge in [0, 0.05) is 5.38 Å². The van der Waals surface area contributed by atoms with Crippen molar-refractivity contribution in [3.8, 4) is 0 Å². The number of nitrogens with one attached hydrogen (secondary N) is 1. The normalized spacial score (nSPS) is 9.25. The highest BCUT2D eigenvalue weighted by Gasteiger charge is 2.07. The van der Waals surface area contributed by atoms with E-state index in [4.69, 9.17) is 5.73 Å². The van der Waals surface area contributed by atoms with Crippen molar-refractivity contribution in [1.82, 2.24) is 9.97 Å². The molecule has 20 heavy (non-hydrogen) atoms.